The van der Waals surface area contributed by atoms with Gasteiger partial charge in [-0.2, -0.15) is 0 Å². The summed E-state index contributed by atoms with van der Waals surface area (Å²) in [6.07, 6.45) is 10.3. The van der Waals surface area contributed by atoms with Crippen LogP contribution in [0.2, 0.25) is 0 Å². The van der Waals surface area contributed by atoms with Crippen LogP contribution >= 0.6 is 0 Å². The van der Waals surface area contributed by atoms with Gasteiger partial charge in [-0.3, -0.25) is 0 Å². The molecule has 1 aliphatic carbocycles. The Balaban J connectivity index is 3.02. The van der Waals surface area contributed by atoms with Crippen LogP contribution < -0.4 is 17.2 Å². The van der Waals surface area contributed by atoms with E-state index in [-0.39, 0.29) is 11.0 Å². The second-order valence-electron chi connectivity index (χ2n) is 8.46. The first-order valence-corrected chi connectivity index (χ1v) is 9.49. The standard InChI is InChI=1S/C19H41N3/c1-6-8-14-18(5,20)15(3)16-11-9-10-13-17(16,4)19(21,22)12-7-2/h15-16H,6-14,20-22H2,1-5H3. The summed E-state index contributed by atoms with van der Waals surface area (Å²) in [5.41, 5.74) is 19.3. The van der Waals surface area contributed by atoms with E-state index in [0.29, 0.717) is 11.8 Å². The molecule has 1 saturated carbocycles. The molecule has 4 unspecified atom stereocenters. The van der Waals surface area contributed by atoms with E-state index in [9.17, 15) is 0 Å². The molecule has 3 nitrogen and oxygen atoms in total. The molecule has 4 atom stereocenters. The van der Waals surface area contributed by atoms with Crippen LogP contribution in [0.25, 0.3) is 0 Å². The molecular formula is C19H41N3. The average Bonchev–Trinajstić information content (AvgIpc) is 2.44. The van der Waals surface area contributed by atoms with Crippen molar-refractivity contribution in [1.29, 1.82) is 0 Å². The predicted molar refractivity (Wildman–Crippen MR) is 97.4 cm³/mol. The topological polar surface area (TPSA) is 78.1 Å². The summed E-state index contributed by atoms with van der Waals surface area (Å²) in [6.45, 7) is 11.3. The van der Waals surface area contributed by atoms with Crippen LogP contribution in [-0.2, 0) is 0 Å². The zero-order valence-electron chi connectivity index (χ0n) is 15.8. The molecule has 0 radical (unpaired) electrons. The van der Waals surface area contributed by atoms with Crippen molar-refractivity contribution in [2.45, 2.75) is 104 Å². The smallest absolute Gasteiger partial charge is 0.0694 e. The lowest BCUT2D eigenvalue weighted by atomic mass is 9.54. The average molecular weight is 312 g/mol. The number of hydrogen-bond acceptors (Lipinski definition) is 3. The molecule has 1 rings (SSSR count). The van der Waals surface area contributed by atoms with Gasteiger partial charge in [-0.15, -0.1) is 0 Å². The minimum atomic E-state index is -0.581. The molecule has 0 heterocycles. The Morgan fingerprint density at radius 1 is 1.09 bits per heavy atom. The molecule has 0 aromatic heterocycles. The van der Waals surface area contributed by atoms with Gasteiger partial charge in [-0.25, -0.2) is 0 Å². The molecule has 1 fully saturated rings. The predicted octanol–water partition coefficient (Wildman–Crippen LogP) is 4.14. The van der Waals surface area contributed by atoms with Gasteiger partial charge in [0, 0.05) is 11.0 Å². The van der Waals surface area contributed by atoms with Gasteiger partial charge >= 0.3 is 0 Å². The van der Waals surface area contributed by atoms with Crippen LogP contribution in [0.3, 0.4) is 0 Å². The van der Waals surface area contributed by atoms with Crippen molar-refractivity contribution < 1.29 is 0 Å². The number of hydrogen-bond donors (Lipinski definition) is 3. The fraction of sp³-hybridized carbons (Fsp3) is 1.00. The molecule has 0 spiro atoms. The fourth-order valence-corrected chi connectivity index (χ4v) is 4.68. The molecule has 0 aromatic rings. The van der Waals surface area contributed by atoms with Crippen LogP contribution in [-0.4, -0.2) is 11.2 Å². The minimum Gasteiger partial charge on any atom is -0.325 e. The van der Waals surface area contributed by atoms with Crippen molar-refractivity contribution in [1.82, 2.24) is 0 Å². The van der Waals surface area contributed by atoms with Gasteiger partial charge in [0.2, 0.25) is 0 Å². The fourth-order valence-electron chi connectivity index (χ4n) is 4.68. The Morgan fingerprint density at radius 3 is 2.27 bits per heavy atom. The van der Waals surface area contributed by atoms with Gasteiger partial charge in [0.15, 0.2) is 0 Å². The molecule has 0 amide bonds. The van der Waals surface area contributed by atoms with Crippen LogP contribution in [0.1, 0.15) is 92.4 Å². The van der Waals surface area contributed by atoms with Crippen molar-refractivity contribution in [3.8, 4) is 0 Å². The molecule has 0 bridgehead atoms. The van der Waals surface area contributed by atoms with Crippen LogP contribution in [0.4, 0.5) is 0 Å². The molecule has 0 aromatic carbocycles. The van der Waals surface area contributed by atoms with Gasteiger partial charge in [-0.1, -0.05) is 59.8 Å². The lowest BCUT2D eigenvalue weighted by Crippen LogP contribution is -2.66. The first-order chi connectivity index (χ1) is 10.1. The maximum atomic E-state index is 6.73. The Hall–Kier alpha value is -0.120. The lowest BCUT2D eigenvalue weighted by Gasteiger charge is -2.55. The first kappa shape index (κ1) is 19.9. The highest BCUT2D eigenvalue weighted by Gasteiger charge is 2.52. The van der Waals surface area contributed by atoms with Crippen LogP contribution in [0.15, 0.2) is 0 Å². The summed E-state index contributed by atoms with van der Waals surface area (Å²) in [6, 6.07) is 0. The van der Waals surface area contributed by atoms with Crippen molar-refractivity contribution in [2.75, 3.05) is 0 Å². The largest absolute Gasteiger partial charge is 0.325 e. The molecule has 0 aliphatic heterocycles. The summed E-state index contributed by atoms with van der Waals surface area (Å²) >= 11 is 0. The van der Waals surface area contributed by atoms with Gasteiger partial charge in [0.05, 0.1) is 5.66 Å². The maximum Gasteiger partial charge on any atom is 0.0694 e. The van der Waals surface area contributed by atoms with E-state index in [1.807, 2.05) is 0 Å². The maximum absolute atomic E-state index is 6.73. The van der Waals surface area contributed by atoms with Crippen molar-refractivity contribution in [3.63, 3.8) is 0 Å². The summed E-state index contributed by atoms with van der Waals surface area (Å²) < 4.78 is 0. The highest BCUT2D eigenvalue weighted by atomic mass is 15.0. The molecule has 6 N–H and O–H groups in total. The molecule has 0 saturated heterocycles. The zero-order chi connectivity index (χ0) is 17.0. The third kappa shape index (κ3) is 4.04. The van der Waals surface area contributed by atoms with Crippen molar-refractivity contribution in [3.05, 3.63) is 0 Å². The van der Waals surface area contributed by atoms with Crippen LogP contribution in [0.5, 0.6) is 0 Å². The van der Waals surface area contributed by atoms with Gasteiger partial charge in [-0.05, 0) is 44.4 Å². The quantitative estimate of drug-likeness (QED) is 0.589. The number of nitrogens with two attached hydrogens (primary N) is 3. The summed E-state index contributed by atoms with van der Waals surface area (Å²) in [4.78, 5) is 0. The molecule has 22 heavy (non-hydrogen) atoms. The van der Waals surface area contributed by atoms with E-state index in [1.54, 1.807) is 0 Å². The van der Waals surface area contributed by atoms with E-state index in [1.165, 1.54) is 32.1 Å². The van der Waals surface area contributed by atoms with Gasteiger partial charge in [0.25, 0.3) is 0 Å². The number of rotatable bonds is 8. The van der Waals surface area contributed by atoms with Crippen molar-refractivity contribution in [2.24, 2.45) is 34.5 Å². The summed E-state index contributed by atoms with van der Waals surface area (Å²) in [5.74, 6) is 0.974. The zero-order valence-corrected chi connectivity index (χ0v) is 15.8. The van der Waals surface area contributed by atoms with Crippen molar-refractivity contribution >= 4 is 0 Å². The molecule has 1 aliphatic rings. The van der Waals surface area contributed by atoms with E-state index in [0.717, 1.165) is 25.7 Å². The second kappa shape index (κ2) is 7.63. The third-order valence-electron chi connectivity index (χ3n) is 6.72. The number of unbranched alkanes of at least 4 members (excludes halogenated alkanes) is 1. The Labute approximate surface area is 138 Å². The van der Waals surface area contributed by atoms with E-state index < -0.39 is 5.66 Å². The Kier molecular flexibility index (Phi) is 6.91. The van der Waals surface area contributed by atoms with Crippen LogP contribution in [0, 0.1) is 17.3 Å². The minimum absolute atomic E-state index is 0.00643. The Morgan fingerprint density at radius 2 is 1.73 bits per heavy atom. The SMILES string of the molecule is CCCCC(C)(N)C(C)C1CCCCC1(C)C(N)(N)CCC. The molecular weight excluding hydrogens is 270 g/mol. The van der Waals surface area contributed by atoms with Gasteiger partial charge < -0.3 is 17.2 Å². The highest BCUT2D eigenvalue weighted by molar-refractivity contribution is 5.05. The molecule has 132 valence electrons. The monoisotopic (exact) mass is 311 g/mol. The Bertz CT molecular complexity index is 338. The first-order valence-electron chi connectivity index (χ1n) is 9.49. The van der Waals surface area contributed by atoms with Gasteiger partial charge in [0.1, 0.15) is 0 Å². The third-order valence-corrected chi connectivity index (χ3v) is 6.72. The highest BCUT2D eigenvalue weighted by Crippen LogP contribution is 2.52. The summed E-state index contributed by atoms with van der Waals surface area (Å²) in [7, 11) is 0. The lowest BCUT2D eigenvalue weighted by molar-refractivity contribution is -0.0297. The molecule has 3 heteroatoms. The second-order valence-corrected chi connectivity index (χ2v) is 8.46. The van der Waals surface area contributed by atoms with E-state index in [4.69, 9.17) is 17.2 Å². The summed E-state index contributed by atoms with van der Waals surface area (Å²) in [5, 5.41) is 0. The van der Waals surface area contributed by atoms with E-state index in [2.05, 4.69) is 34.6 Å². The normalized spacial score (nSPS) is 30.8. The van der Waals surface area contributed by atoms with E-state index >= 15 is 0 Å².